The Morgan fingerprint density at radius 3 is 1.72 bits per heavy atom. The third-order valence-corrected chi connectivity index (χ3v) is 16.4. The number of fused-ring (bicyclic) bond motifs is 8. The van der Waals surface area contributed by atoms with Gasteiger partial charge in [-0.2, -0.15) is 0 Å². The van der Waals surface area contributed by atoms with Gasteiger partial charge in [0, 0.05) is 53.4 Å². The molecule has 328 valence electrons. The number of anilines is 3. The van der Waals surface area contributed by atoms with Crippen LogP contribution in [0.3, 0.4) is 0 Å². The Kier molecular flexibility index (Phi) is 9.58. The molecular formula is C67H49NS. The summed E-state index contributed by atoms with van der Waals surface area (Å²) in [7, 11) is 0. The highest BCUT2D eigenvalue weighted by Crippen LogP contribution is 2.55. The number of rotatable bonds is 8. The predicted molar refractivity (Wildman–Crippen MR) is 296 cm³/mol. The summed E-state index contributed by atoms with van der Waals surface area (Å²) in [4.78, 5) is 2.58. The molecule has 13 rings (SSSR count). The molecule has 0 saturated carbocycles. The van der Waals surface area contributed by atoms with E-state index in [1.165, 1.54) is 91.8 Å². The lowest BCUT2D eigenvalue weighted by molar-refractivity contribution is 0.661. The number of benzene rings is 11. The van der Waals surface area contributed by atoms with E-state index in [9.17, 15) is 0 Å². The van der Waals surface area contributed by atoms with Crippen LogP contribution < -0.4 is 4.90 Å². The van der Waals surface area contributed by atoms with Crippen LogP contribution in [-0.4, -0.2) is 0 Å². The molecule has 2 heteroatoms. The predicted octanol–water partition coefficient (Wildman–Crippen LogP) is 18.8. The Morgan fingerprint density at radius 2 is 0.986 bits per heavy atom. The van der Waals surface area contributed by atoms with Crippen molar-refractivity contribution in [2.24, 2.45) is 0 Å². The van der Waals surface area contributed by atoms with Crippen LogP contribution in [0.1, 0.15) is 48.6 Å². The molecule has 11 aromatic carbocycles. The van der Waals surface area contributed by atoms with Crippen LogP contribution in [0.4, 0.5) is 17.1 Å². The first-order chi connectivity index (χ1) is 33.9. The number of nitrogens with zero attached hydrogens (tertiary/aromatic N) is 1. The normalized spacial score (nSPS) is 13.0. The van der Waals surface area contributed by atoms with Gasteiger partial charge in [-0.25, -0.2) is 0 Å². The summed E-state index contributed by atoms with van der Waals surface area (Å²) >= 11 is 1.89. The zero-order valence-corrected chi connectivity index (χ0v) is 39.8. The molecule has 1 aliphatic carbocycles. The molecule has 1 heterocycles. The monoisotopic (exact) mass is 899 g/mol. The highest BCUT2D eigenvalue weighted by molar-refractivity contribution is 7.26. The Morgan fingerprint density at radius 1 is 0.391 bits per heavy atom. The van der Waals surface area contributed by atoms with Crippen molar-refractivity contribution in [3.63, 3.8) is 0 Å². The fourth-order valence-electron chi connectivity index (χ4n) is 11.6. The van der Waals surface area contributed by atoms with E-state index in [1.807, 2.05) is 11.3 Å². The molecule has 1 aliphatic rings. The van der Waals surface area contributed by atoms with Gasteiger partial charge in [0.15, 0.2) is 0 Å². The summed E-state index contributed by atoms with van der Waals surface area (Å²) in [5.74, 6) is 0. The number of thiophene rings is 1. The van der Waals surface area contributed by atoms with Gasteiger partial charge in [-0.1, -0.05) is 208 Å². The molecule has 12 aromatic rings. The van der Waals surface area contributed by atoms with E-state index >= 15 is 0 Å². The number of hydrogen-bond acceptors (Lipinski definition) is 2. The molecule has 0 atom stereocenters. The Balaban J connectivity index is 1.13. The van der Waals surface area contributed by atoms with Crippen LogP contribution in [0, 0.1) is 0 Å². The Hall–Kier alpha value is -8.04. The van der Waals surface area contributed by atoms with Gasteiger partial charge in [0.25, 0.3) is 0 Å². The van der Waals surface area contributed by atoms with Crippen molar-refractivity contribution in [1.82, 2.24) is 0 Å². The lowest BCUT2D eigenvalue weighted by atomic mass is 9.70. The minimum absolute atomic E-state index is 0.167. The van der Waals surface area contributed by atoms with Crippen LogP contribution in [0.2, 0.25) is 0 Å². The van der Waals surface area contributed by atoms with E-state index in [0.717, 1.165) is 28.2 Å². The molecule has 0 saturated heterocycles. The van der Waals surface area contributed by atoms with E-state index in [2.05, 4.69) is 268 Å². The summed E-state index contributed by atoms with van der Waals surface area (Å²) in [6.45, 7) is 7.16. The van der Waals surface area contributed by atoms with E-state index in [-0.39, 0.29) is 5.41 Å². The van der Waals surface area contributed by atoms with E-state index < -0.39 is 5.41 Å². The molecule has 0 spiro atoms. The second-order valence-electron chi connectivity index (χ2n) is 19.4. The Labute approximate surface area is 408 Å². The second-order valence-corrected chi connectivity index (χ2v) is 20.4. The van der Waals surface area contributed by atoms with E-state index in [0.29, 0.717) is 0 Å². The third kappa shape index (κ3) is 6.51. The fraction of sp³-hybridized carbons (Fsp3) is 0.0746. The molecule has 1 aromatic heterocycles. The van der Waals surface area contributed by atoms with Crippen molar-refractivity contribution in [1.29, 1.82) is 0 Å². The first-order valence-corrected chi connectivity index (χ1v) is 24.9. The smallest absolute Gasteiger partial charge is 0.0547 e. The lowest BCUT2D eigenvalue weighted by Gasteiger charge is -2.35. The van der Waals surface area contributed by atoms with Crippen molar-refractivity contribution < 1.29 is 0 Å². The zero-order chi connectivity index (χ0) is 46.3. The molecule has 0 fully saturated rings. The summed E-state index contributed by atoms with van der Waals surface area (Å²) in [6, 6.07) is 90.6. The van der Waals surface area contributed by atoms with Gasteiger partial charge >= 0.3 is 0 Å². The standard InChI is InChI=1S/C67H49NS/c1-66(2)59-37-36-51(43-58(59)57-40-46-23-13-14-24-47(46)41-60(57)66)68(62-38-34-45-22-15-16-29-52(45)64(62)55-32-19-31-54-53-30-17-18-33-63(53)69-65(54)55)61-39-35-50(42-56(61)44-20-7-4-8-21-44)67(3,48-25-9-5-10-26-48)49-27-11-6-12-28-49/h4-43H,1-3H3. The molecular weight excluding hydrogens is 851 g/mol. The maximum Gasteiger partial charge on any atom is 0.0547 e. The molecule has 1 nitrogen and oxygen atoms in total. The summed E-state index contributed by atoms with van der Waals surface area (Å²) < 4.78 is 2.60. The largest absolute Gasteiger partial charge is 0.309 e. The van der Waals surface area contributed by atoms with Crippen molar-refractivity contribution in [2.45, 2.75) is 31.6 Å². The van der Waals surface area contributed by atoms with Gasteiger partial charge in [0.05, 0.1) is 11.4 Å². The molecule has 0 bridgehead atoms. The minimum atomic E-state index is -0.439. The van der Waals surface area contributed by atoms with Crippen LogP contribution in [0.25, 0.3) is 75.1 Å². The SMILES string of the molecule is CC1(C)c2ccc(N(c3ccc(C(C)(c4ccccc4)c4ccccc4)cc3-c3ccccc3)c3ccc4ccccc4c3-c3cccc4c3sc3ccccc34)cc2-c2cc3ccccc3cc21. The molecule has 0 N–H and O–H groups in total. The molecule has 0 amide bonds. The Bertz CT molecular complexity index is 3900. The van der Waals surface area contributed by atoms with E-state index in [4.69, 9.17) is 0 Å². The highest BCUT2D eigenvalue weighted by atomic mass is 32.1. The van der Waals surface area contributed by atoms with Crippen LogP contribution in [0.5, 0.6) is 0 Å². The molecule has 0 unspecified atom stereocenters. The topological polar surface area (TPSA) is 3.24 Å². The molecule has 0 aliphatic heterocycles. The average Bonchev–Trinajstić information content (AvgIpc) is 3.90. The van der Waals surface area contributed by atoms with Gasteiger partial charge in [0.1, 0.15) is 0 Å². The zero-order valence-electron chi connectivity index (χ0n) is 38.9. The van der Waals surface area contributed by atoms with Crippen molar-refractivity contribution in [2.75, 3.05) is 4.90 Å². The van der Waals surface area contributed by atoms with Crippen molar-refractivity contribution in [3.05, 3.63) is 270 Å². The first-order valence-electron chi connectivity index (χ1n) is 24.1. The van der Waals surface area contributed by atoms with Gasteiger partial charge in [-0.05, 0) is 122 Å². The first kappa shape index (κ1) is 41.2. The fourth-order valence-corrected chi connectivity index (χ4v) is 12.8. The van der Waals surface area contributed by atoms with Crippen LogP contribution in [0.15, 0.2) is 243 Å². The summed E-state index contributed by atoms with van der Waals surface area (Å²) in [6.07, 6.45) is 0. The highest BCUT2D eigenvalue weighted by Gasteiger charge is 2.37. The van der Waals surface area contributed by atoms with Crippen molar-refractivity contribution in [3.8, 4) is 33.4 Å². The third-order valence-electron chi connectivity index (χ3n) is 15.2. The van der Waals surface area contributed by atoms with Gasteiger partial charge < -0.3 is 4.90 Å². The van der Waals surface area contributed by atoms with Crippen molar-refractivity contribution >= 4 is 70.1 Å². The van der Waals surface area contributed by atoms with Crippen LogP contribution in [-0.2, 0) is 10.8 Å². The summed E-state index contributed by atoms with van der Waals surface area (Å²) in [5, 5.41) is 7.57. The molecule has 0 radical (unpaired) electrons. The van der Waals surface area contributed by atoms with Gasteiger partial charge in [0.2, 0.25) is 0 Å². The maximum absolute atomic E-state index is 2.58. The second kappa shape index (κ2) is 16.0. The van der Waals surface area contributed by atoms with E-state index in [1.54, 1.807) is 0 Å². The lowest BCUT2D eigenvalue weighted by Crippen LogP contribution is -2.25. The average molecular weight is 900 g/mol. The minimum Gasteiger partial charge on any atom is -0.309 e. The van der Waals surface area contributed by atoms with Gasteiger partial charge in [-0.3, -0.25) is 0 Å². The number of hydrogen-bond donors (Lipinski definition) is 0. The van der Waals surface area contributed by atoms with Gasteiger partial charge in [-0.15, -0.1) is 11.3 Å². The molecule has 69 heavy (non-hydrogen) atoms. The van der Waals surface area contributed by atoms with Crippen LogP contribution >= 0.6 is 11.3 Å². The maximum atomic E-state index is 2.58. The summed E-state index contributed by atoms with van der Waals surface area (Å²) in [5.41, 5.74) is 16.6. The quantitative estimate of drug-likeness (QED) is 0.137.